The van der Waals surface area contributed by atoms with Crippen molar-refractivity contribution in [1.82, 2.24) is 5.32 Å². The van der Waals surface area contributed by atoms with E-state index >= 15 is 0 Å². The van der Waals surface area contributed by atoms with Crippen molar-refractivity contribution in [3.8, 4) is 0 Å². The Labute approximate surface area is 99.7 Å². The van der Waals surface area contributed by atoms with Crippen LogP contribution in [0.5, 0.6) is 0 Å². The lowest BCUT2D eigenvalue weighted by Gasteiger charge is -2.37. The predicted molar refractivity (Wildman–Crippen MR) is 70.7 cm³/mol. The number of benzene rings is 1. The highest BCUT2D eigenvalue weighted by molar-refractivity contribution is 6.70. The van der Waals surface area contributed by atoms with Crippen LogP contribution < -0.4 is 10.5 Å². The lowest BCUT2D eigenvalue weighted by atomic mass is 10.2. The first kappa shape index (κ1) is 11.8. The van der Waals surface area contributed by atoms with E-state index in [1.165, 1.54) is 5.19 Å². The van der Waals surface area contributed by atoms with Gasteiger partial charge in [-0.05, 0) is 10.2 Å². The molecule has 1 N–H and O–H groups in total. The van der Waals surface area contributed by atoms with Crippen molar-refractivity contribution in [2.45, 2.75) is 31.9 Å². The van der Waals surface area contributed by atoms with Gasteiger partial charge in [-0.25, -0.2) is 0 Å². The van der Waals surface area contributed by atoms with E-state index in [2.05, 4.69) is 56.4 Å². The number of hydrogen-bond donors (Lipinski definition) is 1. The van der Waals surface area contributed by atoms with Crippen LogP contribution in [0.4, 0.5) is 0 Å². The van der Waals surface area contributed by atoms with Crippen LogP contribution in [0.3, 0.4) is 0 Å². The van der Waals surface area contributed by atoms with Crippen molar-refractivity contribution in [2.24, 2.45) is 0 Å². The van der Waals surface area contributed by atoms with Crippen LogP contribution in [-0.4, -0.2) is 28.2 Å². The number of hydrogen-bond acceptors (Lipinski definition) is 2. The van der Waals surface area contributed by atoms with Crippen LogP contribution in [0.2, 0.25) is 5.04 Å². The maximum atomic E-state index is 6.31. The minimum absolute atomic E-state index is 0.275. The fourth-order valence-corrected chi connectivity index (χ4v) is 4.68. The molecule has 3 heteroatoms. The van der Waals surface area contributed by atoms with Crippen molar-refractivity contribution in [1.29, 1.82) is 0 Å². The molecule has 0 bridgehead atoms. The Morgan fingerprint density at radius 1 is 1.19 bits per heavy atom. The van der Waals surface area contributed by atoms with Crippen molar-refractivity contribution in [2.75, 3.05) is 13.1 Å². The predicted octanol–water partition coefficient (Wildman–Crippen LogP) is 1.41. The van der Waals surface area contributed by atoms with Gasteiger partial charge in [-0.15, -0.1) is 0 Å². The smallest absolute Gasteiger partial charge is 0.214 e. The zero-order valence-corrected chi connectivity index (χ0v) is 11.5. The molecule has 0 amide bonds. The summed E-state index contributed by atoms with van der Waals surface area (Å²) >= 11 is 0. The summed E-state index contributed by atoms with van der Waals surface area (Å²) in [7, 11) is -1.34. The molecule has 0 aromatic heterocycles. The molecule has 1 aliphatic rings. The molecule has 1 fully saturated rings. The van der Waals surface area contributed by atoms with Crippen molar-refractivity contribution in [3.05, 3.63) is 30.3 Å². The first-order valence-electron chi connectivity index (χ1n) is 5.98. The maximum absolute atomic E-state index is 6.31. The summed E-state index contributed by atoms with van der Waals surface area (Å²) in [6.07, 6.45) is 0.441. The van der Waals surface area contributed by atoms with Gasteiger partial charge in [-0.3, -0.25) is 0 Å². The monoisotopic (exact) mass is 235 g/mol. The van der Waals surface area contributed by atoms with E-state index in [9.17, 15) is 0 Å². The molecule has 1 aliphatic heterocycles. The third kappa shape index (κ3) is 2.73. The molecule has 1 unspecified atom stereocenters. The molecule has 0 aliphatic carbocycles. The average Bonchev–Trinajstić information content (AvgIpc) is 2.15. The van der Waals surface area contributed by atoms with Crippen LogP contribution in [-0.2, 0) is 4.43 Å². The Morgan fingerprint density at radius 3 is 2.25 bits per heavy atom. The summed E-state index contributed by atoms with van der Waals surface area (Å²) < 4.78 is 6.31. The zero-order valence-electron chi connectivity index (χ0n) is 10.4. The van der Waals surface area contributed by atoms with E-state index in [4.69, 9.17) is 4.43 Å². The van der Waals surface area contributed by atoms with E-state index in [0.29, 0.717) is 6.10 Å². The summed E-state index contributed by atoms with van der Waals surface area (Å²) in [4.78, 5) is 0. The standard InChI is InChI=1S/C13H21NOSi/c1-13(2,3)16(15-11-9-14-10-11)12-7-5-4-6-8-12/h4-8,11,14,16H,9-10H2,1-3H3. The third-order valence-electron chi connectivity index (χ3n) is 2.96. The normalized spacial score (nSPS) is 19.2. The maximum Gasteiger partial charge on any atom is 0.214 e. The van der Waals surface area contributed by atoms with Crippen LogP contribution >= 0.6 is 0 Å². The second kappa shape index (κ2) is 4.70. The topological polar surface area (TPSA) is 21.3 Å². The first-order valence-corrected chi connectivity index (χ1v) is 7.61. The van der Waals surface area contributed by atoms with E-state index in [1.54, 1.807) is 0 Å². The molecule has 1 saturated heterocycles. The zero-order chi connectivity index (χ0) is 11.6. The molecule has 2 rings (SSSR count). The second-order valence-electron chi connectivity index (χ2n) is 5.57. The number of rotatable bonds is 3. The lowest BCUT2D eigenvalue weighted by molar-refractivity contribution is 0.137. The largest absolute Gasteiger partial charge is 0.409 e. The molecule has 16 heavy (non-hydrogen) atoms. The van der Waals surface area contributed by atoms with Gasteiger partial charge in [0.05, 0.1) is 6.10 Å². The van der Waals surface area contributed by atoms with Gasteiger partial charge in [0, 0.05) is 13.1 Å². The van der Waals surface area contributed by atoms with Gasteiger partial charge >= 0.3 is 0 Å². The van der Waals surface area contributed by atoms with Gasteiger partial charge in [0.25, 0.3) is 0 Å². The van der Waals surface area contributed by atoms with Gasteiger partial charge in [-0.1, -0.05) is 51.1 Å². The molecule has 0 spiro atoms. The van der Waals surface area contributed by atoms with E-state index in [-0.39, 0.29) is 5.04 Å². The Bertz CT molecular complexity index is 330. The van der Waals surface area contributed by atoms with Gasteiger partial charge in [0.1, 0.15) is 0 Å². The van der Waals surface area contributed by atoms with E-state index < -0.39 is 9.04 Å². The highest BCUT2D eigenvalue weighted by Gasteiger charge is 2.33. The Hall–Kier alpha value is -0.643. The molecule has 1 atom stereocenters. The second-order valence-corrected chi connectivity index (χ2v) is 9.00. The molecular formula is C13H21NOSi. The summed E-state index contributed by atoms with van der Waals surface area (Å²) in [6.45, 7) is 8.92. The first-order chi connectivity index (χ1) is 7.57. The minimum atomic E-state index is -1.34. The highest BCUT2D eigenvalue weighted by atomic mass is 28.3. The van der Waals surface area contributed by atoms with Crippen molar-refractivity contribution < 1.29 is 4.43 Å². The summed E-state index contributed by atoms with van der Waals surface area (Å²) in [5, 5.41) is 4.96. The highest BCUT2D eigenvalue weighted by Crippen LogP contribution is 2.28. The van der Waals surface area contributed by atoms with Gasteiger partial charge < -0.3 is 9.74 Å². The Kier molecular flexibility index (Phi) is 3.47. The van der Waals surface area contributed by atoms with Gasteiger partial charge in [0.15, 0.2) is 0 Å². The van der Waals surface area contributed by atoms with Gasteiger partial charge in [0.2, 0.25) is 9.04 Å². The van der Waals surface area contributed by atoms with E-state index in [1.807, 2.05) is 0 Å². The van der Waals surface area contributed by atoms with Crippen molar-refractivity contribution in [3.63, 3.8) is 0 Å². The lowest BCUT2D eigenvalue weighted by Crippen LogP contribution is -2.55. The van der Waals surface area contributed by atoms with Crippen LogP contribution in [0.15, 0.2) is 30.3 Å². The molecule has 1 aromatic rings. The quantitative estimate of drug-likeness (QED) is 0.800. The summed E-state index contributed by atoms with van der Waals surface area (Å²) in [5.41, 5.74) is 0. The summed E-state index contributed by atoms with van der Waals surface area (Å²) in [5.74, 6) is 0. The average molecular weight is 235 g/mol. The third-order valence-corrected chi connectivity index (χ3v) is 6.18. The van der Waals surface area contributed by atoms with Crippen molar-refractivity contribution >= 4 is 14.2 Å². The molecule has 1 heterocycles. The fraction of sp³-hybridized carbons (Fsp3) is 0.538. The van der Waals surface area contributed by atoms with E-state index in [0.717, 1.165) is 13.1 Å². The summed E-state index contributed by atoms with van der Waals surface area (Å²) in [6, 6.07) is 10.7. The molecule has 2 nitrogen and oxygen atoms in total. The molecule has 88 valence electrons. The number of nitrogens with one attached hydrogen (secondary N) is 1. The minimum Gasteiger partial charge on any atom is -0.409 e. The van der Waals surface area contributed by atoms with Crippen LogP contribution in [0, 0.1) is 0 Å². The Morgan fingerprint density at radius 2 is 1.81 bits per heavy atom. The van der Waals surface area contributed by atoms with Gasteiger partial charge in [-0.2, -0.15) is 0 Å². The molecule has 0 radical (unpaired) electrons. The SMILES string of the molecule is CC(C)(C)[SiH](OC1CNC1)c1ccccc1. The molecule has 0 saturated carbocycles. The van der Waals surface area contributed by atoms with Crippen LogP contribution in [0.25, 0.3) is 0 Å². The Balaban J connectivity index is 2.14. The fourth-order valence-electron chi connectivity index (χ4n) is 1.96. The van der Waals surface area contributed by atoms with Crippen LogP contribution in [0.1, 0.15) is 20.8 Å². The molecular weight excluding hydrogens is 214 g/mol. The molecule has 1 aromatic carbocycles.